The third-order valence-electron chi connectivity index (χ3n) is 3.54. The Morgan fingerprint density at radius 1 is 1.14 bits per heavy atom. The van der Waals surface area contributed by atoms with Crippen LogP contribution in [0.5, 0.6) is 17.2 Å². The molecule has 2 aromatic carbocycles. The van der Waals surface area contributed by atoms with E-state index < -0.39 is 41.3 Å². The van der Waals surface area contributed by atoms with Crippen LogP contribution in [0.25, 0.3) is 11.0 Å². The minimum absolute atomic E-state index is 0.115. The Morgan fingerprint density at radius 3 is 2.48 bits per heavy atom. The van der Waals surface area contributed by atoms with Crippen LogP contribution in [0.15, 0.2) is 45.6 Å². The van der Waals surface area contributed by atoms with Crippen LogP contribution in [0.3, 0.4) is 0 Å². The Kier molecular flexibility index (Phi) is 5.63. The lowest BCUT2D eigenvalue weighted by Gasteiger charge is -2.14. The molecule has 0 spiro atoms. The molecule has 0 N–H and O–H groups in total. The van der Waals surface area contributed by atoms with Crippen molar-refractivity contribution in [2.24, 2.45) is 0 Å². The lowest BCUT2D eigenvalue weighted by atomic mass is 10.2. The first-order valence-electron chi connectivity index (χ1n) is 7.70. The second kappa shape index (κ2) is 7.84. The molecule has 0 aliphatic carbocycles. The highest BCUT2D eigenvalue weighted by Gasteiger charge is 2.40. The van der Waals surface area contributed by atoms with Crippen LogP contribution in [0.2, 0.25) is 10.0 Å². The van der Waals surface area contributed by atoms with Crippen LogP contribution < -0.4 is 20.0 Å². The van der Waals surface area contributed by atoms with Crippen molar-refractivity contribution in [3.8, 4) is 17.2 Å². The van der Waals surface area contributed by atoms with E-state index in [9.17, 15) is 27.9 Å². The number of ether oxygens (including phenoxy) is 2. The first-order chi connectivity index (χ1) is 13.6. The van der Waals surface area contributed by atoms with Gasteiger partial charge in [-0.05, 0) is 30.3 Å². The molecule has 0 fully saturated rings. The summed E-state index contributed by atoms with van der Waals surface area (Å²) in [6.45, 7) is -0.835. The number of carboxylic acid groups (broad SMARTS) is 1. The Morgan fingerprint density at radius 2 is 1.86 bits per heavy atom. The predicted molar refractivity (Wildman–Crippen MR) is 94.5 cm³/mol. The Labute approximate surface area is 170 Å². The van der Waals surface area contributed by atoms with Crippen LogP contribution in [0.1, 0.15) is 5.76 Å². The van der Waals surface area contributed by atoms with Gasteiger partial charge in [-0.25, -0.2) is 0 Å². The van der Waals surface area contributed by atoms with E-state index in [1.165, 1.54) is 24.3 Å². The molecule has 1 heterocycles. The molecule has 152 valence electrons. The fourth-order valence-corrected chi connectivity index (χ4v) is 2.78. The van der Waals surface area contributed by atoms with Gasteiger partial charge in [-0.2, -0.15) is 13.2 Å². The molecule has 0 atom stereocenters. The molecule has 11 heteroatoms. The summed E-state index contributed by atoms with van der Waals surface area (Å²) in [4.78, 5) is 23.1. The molecule has 6 nitrogen and oxygen atoms in total. The van der Waals surface area contributed by atoms with Crippen molar-refractivity contribution < 1.29 is 37.0 Å². The lowest BCUT2D eigenvalue weighted by molar-refractivity contribution is -0.307. The van der Waals surface area contributed by atoms with Gasteiger partial charge >= 0.3 is 6.18 Å². The summed E-state index contributed by atoms with van der Waals surface area (Å²) in [5.41, 5.74) is -1.59. The van der Waals surface area contributed by atoms with Gasteiger partial charge in [-0.3, -0.25) is 4.79 Å². The van der Waals surface area contributed by atoms with Crippen LogP contribution in [-0.2, 0) is 11.0 Å². The average molecular weight is 448 g/mol. The Hall–Kier alpha value is -2.91. The molecule has 3 rings (SSSR count). The summed E-state index contributed by atoms with van der Waals surface area (Å²) < 4.78 is 55.3. The quantitative estimate of drug-likeness (QED) is 0.586. The van der Waals surface area contributed by atoms with Gasteiger partial charge in [0.1, 0.15) is 23.7 Å². The van der Waals surface area contributed by atoms with Gasteiger partial charge in [-0.1, -0.05) is 23.2 Å². The van der Waals surface area contributed by atoms with E-state index in [0.717, 1.165) is 12.1 Å². The maximum Gasteiger partial charge on any atom is 0.453 e. The number of rotatable bonds is 5. The molecule has 0 saturated carbocycles. The van der Waals surface area contributed by atoms with Crippen molar-refractivity contribution in [2.75, 3.05) is 6.61 Å². The number of carboxylic acids is 1. The fourth-order valence-electron chi connectivity index (χ4n) is 2.34. The highest BCUT2D eigenvalue weighted by molar-refractivity contribution is 6.35. The number of halogens is 5. The molecule has 3 aromatic rings. The molecular weight excluding hydrogens is 440 g/mol. The molecule has 0 aliphatic heterocycles. The topological polar surface area (TPSA) is 88.8 Å². The standard InChI is InChI=1S/C18H9Cl2F3O6/c19-8-1-4-12(11(20)5-8)28-16-15(26)10-3-2-9(27-7-14(24)25)6-13(10)29-17(16)18(21,22)23/h1-6H,7H2,(H,24,25)/p-1. The zero-order valence-corrected chi connectivity index (χ0v) is 15.5. The zero-order chi connectivity index (χ0) is 21.3. The number of fused-ring (bicyclic) bond motifs is 1. The maximum atomic E-state index is 13.5. The zero-order valence-electron chi connectivity index (χ0n) is 14.0. The van der Waals surface area contributed by atoms with Crippen molar-refractivity contribution in [2.45, 2.75) is 6.18 Å². The normalized spacial score (nSPS) is 11.5. The number of benzene rings is 2. The average Bonchev–Trinajstić information content (AvgIpc) is 2.63. The highest BCUT2D eigenvalue weighted by Crippen LogP contribution is 2.40. The number of carbonyl (C=O) groups is 1. The summed E-state index contributed by atoms with van der Waals surface area (Å²) >= 11 is 11.6. The number of carbonyl (C=O) groups excluding carboxylic acids is 1. The van der Waals surface area contributed by atoms with Gasteiger partial charge in [0.15, 0.2) is 0 Å². The summed E-state index contributed by atoms with van der Waals surface area (Å²) in [5.74, 6) is -4.71. The molecule has 0 radical (unpaired) electrons. The number of hydrogen-bond donors (Lipinski definition) is 0. The van der Waals surface area contributed by atoms with E-state index in [4.69, 9.17) is 37.1 Å². The molecule has 29 heavy (non-hydrogen) atoms. The molecule has 0 bridgehead atoms. The largest absolute Gasteiger partial charge is 0.546 e. The second-order valence-corrected chi connectivity index (χ2v) is 6.43. The van der Waals surface area contributed by atoms with Gasteiger partial charge in [-0.15, -0.1) is 0 Å². The van der Waals surface area contributed by atoms with Crippen molar-refractivity contribution in [1.82, 2.24) is 0 Å². The molecule has 0 saturated heterocycles. The van der Waals surface area contributed by atoms with Crippen LogP contribution >= 0.6 is 23.2 Å². The molecule has 1 aromatic heterocycles. The van der Waals surface area contributed by atoms with Crippen LogP contribution in [-0.4, -0.2) is 12.6 Å². The fraction of sp³-hybridized carbons (Fsp3) is 0.111. The van der Waals surface area contributed by atoms with E-state index in [-0.39, 0.29) is 26.9 Å². The SMILES string of the molecule is O=C([O-])COc1ccc2c(=O)c(Oc3ccc(Cl)cc3Cl)c(C(F)(F)F)oc2c1. The van der Waals surface area contributed by atoms with Crippen molar-refractivity contribution in [3.63, 3.8) is 0 Å². The van der Waals surface area contributed by atoms with Gasteiger partial charge in [0.2, 0.25) is 11.2 Å². The minimum Gasteiger partial charge on any atom is -0.546 e. The summed E-state index contributed by atoms with van der Waals surface area (Å²) in [7, 11) is 0. The molecule has 0 aliphatic rings. The number of alkyl halides is 3. The van der Waals surface area contributed by atoms with Gasteiger partial charge in [0.05, 0.1) is 16.4 Å². The first kappa shape index (κ1) is 20.8. The first-order valence-corrected chi connectivity index (χ1v) is 8.45. The molecular formula is C18H8Cl2F3O6-. The van der Waals surface area contributed by atoms with E-state index in [2.05, 4.69) is 0 Å². The number of hydrogen-bond acceptors (Lipinski definition) is 6. The van der Waals surface area contributed by atoms with Gasteiger partial charge in [0, 0.05) is 11.1 Å². The Bertz CT molecular complexity index is 1160. The van der Waals surface area contributed by atoms with Crippen molar-refractivity contribution >= 4 is 40.1 Å². The highest BCUT2D eigenvalue weighted by atomic mass is 35.5. The van der Waals surface area contributed by atoms with E-state index in [0.29, 0.717) is 0 Å². The minimum atomic E-state index is -5.08. The van der Waals surface area contributed by atoms with Crippen LogP contribution in [0, 0.1) is 0 Å². The monoisotopic (exact) mass is 447 g/mol. The smallest absolute Gasteiger partial charge is 0.453 e. The van der Waals surface area contributed by atoms with E-state index in [1.807, 2.05) is 0 Å². The molecule has 0 amide bonds. The van der Waals surface area contributed by atoms with Gasteiger partial charge in [0.25, 0.3) is 5.76 Å². The predicted octanol–water partition coefficient (Wildman–Crippen LogP) is 4.04. The Balaban J connectivity index is 2.15. The second-order valence-electron chi connectivity index (χ2n) is 5.58. The van der Waals surface area contributed by atoms with Crippen LogP contribution in [0.4, 0.5) is 13.2 Å². The summed E-state index contributed by atoms with van der Waals surface area (Å²) in [6.07, 6.45) is -5.08. The van der Waals surface area contributed by atoms with E-state index >= 15 is 0 Å². The third-order valence-corrected chi connectivity index (χ3v) is 4.07. The van der Waals surface area contributed by atoms with Gasteiger partial charge < -0.3 is 23.8 Å². The van der Waals surface area contributed by atoms with Crippen molar-refractivity contribution in [3.05, 3.63) is 62.4 Å². The summed E-state index contributed by atoms with van der Waals surface area (Å²) in [5, 5.41) is 10.3. The summed E-state index contributed by atoms with van der Waals surface area (Å²) in [6, 6.07) is 7.00. The van der Waals surface area contributed by atoms with E-state index in [1.54, 1.807) is 0 Å². The molecule has 0 unspecified atom stereocenters. The number of aliphatic carboxylic acids is 1. The maximum absolute atomic E-state index is 13.5. The third kappa shape index (κ3) is 4.57. The lowest BCUT2D eigenvalue weighted by Crippen LogP contribution is -2.28. The van der Waals surface area contributed by atoms with Crippen molar-refractivity contribution in [1.29, 1.82) is 0 Å².